The van der Waals surface area contributed by atoms with Crippen molar-refractivity contribution in [2.75, 3.05) is 31.6 Å². The highest BCUT2D eigenvalue weighted by atomic mass is 16.5. The highest BCUT2D eigenvalue weighted by molar-refractivity contribution is 5.45. The van der Waals surface area contributed by atoms with Crippen molar-refractivity contribution in [3.05, 3.63) is 36.5 Å². The number of aromatic nitrogens is 4. The average Bonchev–Trinajstić information content (AvgIpc) is 2.70. The fraction of sp³-hybridized carbons (Fsp3) is 0.579. The van der Waals surface area contributed by atoms with Crippen molar-refractivity contribution in [1.29, 1.82) is 0 Å². The Morgan fingerprint density at radius 1 is 1.12 bits per heavy atom. The summed E-state index contributed by atoms with van der Waals surface area (Å²) >= 11 is 0. The van der Waals surface area contributed by atoms with Crippen LogP contribution in [0, 0.1) is 5.92 Å². The van der Waals surface area contributed by atoms with Crippen LogP contribution in [0.15, 0.2) is 30.9 Å². The standard InChI is InChI=1S/C19H26N6O/c1-2-5-15(6-3-1)13-25-9-10-26-17(14-25)16-11-20-12-18(23-16)24-19-21-7-4-8-22-19/h4,7-8,11-12,15,17H,1-3,5-6,9-10,13-14H2,(H,21,22,23,24)/t17-/m0/s1. The quantitative estimate of drug-likeness (QED) is 0.884. The second-order valence-corrected chi connectivity index (χ2v) is 7.15. The zero-order chi connectivity index (χ0) is 17.6. The molecule has 1 saturated heterocycles. The van der Waals surface area contributed by atoms with E-state index in [1.807, 2.05) is 0 Å². The normalized spacial score (nSPS) is 22.2. The maximum atomic E-state index is 5.99. The Balaban J connectivity index is 1.39. The summed E-state index contributed by atoms with van der Waals surface area (Å²) in [5.41, 5.74) is 0.860. The van der Waals surface area contributed by atoms with Crippen molar-refractivity contribution < 1.29 is 4.74 Å². The molecule has 2 aliphatic rings. The van der Waals surface area contributed by atoms with Crippen LogP contribution in [0.25, 0.3) is 0 Å². The molecule has 138 valence electrons. The van der Waals surface area contributed by atoms with Gasteiger partial charge in [0.15, 0.2) is 5.82 Å². The maximum absolute atomic E-state index is 5.99. The van der Waals surface area contributed by atoms with Gasteiger partial charge < -0.3 is 10.1 Å². The first-order valence-electron chi connectivity index (χ1n) is 9.57. The van der Waals surface area contributed by atoms with Gasteiger partial charge in [-0.05, 0) is 24.8 Å². The third-order valence-electron chi connectivity index (χ3n) is 5.18. The summed E-state index contributed by atoms with van der Waals surface area (Å²) in [5.74, 6) is 2.00. The zero-order valence-electron chi connectivity index (χ0n) is 15.0. The van der Waals surface area contributed by atoms with E-state index < -0.39 is 0 Å². The van der Waals surface area contributed by atoms with E-state index in [-0.39, 0.29) is 6.10 Å². The van der Waals surface area contributed by atoms with Gasteiger partial charge in [-0.3, -0.25) is 9.88 Å². The van der Waals surface area contributed by atoms with Crippen LogP contribution in [-0.4, -0.2) is 51.1 Å². The molecule has 0 bridgehead atoms. The van der Waals surface area contributed by atoms with Gasteiger partial charge in [-0.2, -0.15) is 0 Å². The van der Waals surface area contributed by atoms with Crippen molar-refractivity contribution in [3.63, 3.8) is 0 Å². The van der Waals surface area contributed by atoms with E-state index in [4.69, 9.17) is 4.74 Å². The molecular weight excluding hydrogens is 328 g/mol. The lowest BCUT2D eigenvalue weighted by molar-refractivity contribution is -0.0380. The number of nitrogens with one attached hydrogen (secondary N) is 1. The number of rotatable bonds is 5. The third kappa shape index (κ3) is 4.53. The minimum absolute atomic E-state index is 0.0294. The van der Waals surface area contributed by atoms with E-state index in [0.717, 1.165) is 31.3 Å². The van der Waals surface area contributed by atoms with Crippen LogP contribution in [0.3, 0.4) is 0 Å². The van der Waals surface area contributed by atoms with Crippen LogP contribution in [0.4, 0.5) is 11.8 Å². The fourth-order valence-electron chi connectivity index (χ4n) is 3.86. The molecule has 0 radical (unpaired) electrons. The molecule has 1 atom stereocenters. The number of hydrogen-bond donors (Lipinski definition) is 1. The summed E-state index contributed by atoms with van der Waals surface area (Å²) in [7, 11) is 0. The van der Waals surface area contributed by atoms with E-state index in [0.29, 0.717) is 11.8 Å². The fourth-order valence-corrected chi connectivity index (χ4v) is 3.86. The molecule has 1 aliphatic carbocycles. The van der Waals surface area contributed by atoms with Crippen LogP contribution in [0.2, 0.25) is 0 Å². The van der Waals surface area contributed by atoms with Gasteiger partial charge in [0.1, 0.15) is 6.10 Å². The van der Waals surface area contributed by atoms with Gasteiger partial charge >= 0.3 is 0 Å². The Morgan fingerprint density at radius 3 is 2.81 bits per heavy atom. The van der Waals surface area contributed by atoms with Crippen LogP contribution < -0.4 is 5.32 Å². The van der Waals surface area contributed by atoms with Crippen LogP contribution in [0.1, 0.15) is 43.9 Å². The second kappa shape index (κ2) is 8.51. The summed E-state index contributed by atoms with van der Waals surface area (Å²) in [5, 5.41) is 3.10. The number of morpholine rings is 1. The van der Waals surface area contributed by atoms with Crippen LogP contribution >= 0.6 is 0 Å². The smallest absolute Gasteiger partial charge is 0.228 e. The molecule has 1 saturated carbocycles. The van der Waals surface area contributed by atoms with Gasteiger partial charge in [0.05, 0.1) is 24.7 Å². The molecule has 2 aromatic rings. The van der Waals surface area contributed by atoms with E-state index in [9.17, 15) is 0 Å². The van der Waals surface area contributed by atoms with Crippen molar-refractivity contribution in [2.45, 2.75) is 38.2 Å². The lowest BCUT2D eigenvalue weighted by Crippen LogP contribution is -2.41. The Bertz CT molecular complexity index is 691. The third-order valence-corrected chi connectivity index (χ3v) is 5.18. The summed E-state index contributed by atoms with van der Waals surface area (Å²) in [4.78, 5) is 19.8. The van der Waals surface area contributed by atoms with Gasteiger partial charge in [0.25, 0.3) is 0 Å². The number of nitrogens with zero attached hydrogens (tertiary/aromatic N) is 5. The summed E-state index contributed by atoms with van der Waals surface area (Å²) < 4.78 is 5.99. The first kappa shape index (κ1) is 17.3. The van der Waals surface area contributed by atoms with Crippen molar-refractivity contribution in [3.8, 4) is 0 Å². The first-order chi connectivity index (χ1) is 12.9. The van der Waals surface area contributed by atoms with Gasteiger partial charge in [0.2, 0.25) is 5.95 Å². The molecule has 7 heteroatoms. The van der Waals surface area contributed by atoms with Crippen molar-refractivity contribution >= 4 is 11.8 Å². The van der Waals surface area contributed by atoms with E-state index >= 15 is 0 Å². The minimum Gasteiger partial charge on any atom is -0.369 e. The average molecular weight is 354 g/mol. The molecule has 4 rings (SSSR count). The van der Waals surface area contributed by atoms with Gasteiger partial charge in [0, 0.05) is 32.0 Å². The molecule has 0 aromatic carbocycles. The largest absolute Gasteiger partial charge is 0.369 e. The zero-order valence-corrected chi connectivity index (χ0v) is 15.0. The lowest BCUT2D eigenvalue weighted by atomic mass is 9.89. The molecule has 0 spiro atoms. The first-order valence-corrected chi connectivity index (χ1v) is 9.57. The van der Waals surface area contributed by atoms with Crippen LogP contribution in [0.5, 0.6) is 0 Å². The Morgan fingerprint density at radius 2 is 1.96 bits per heavy atom. The topological polar surface area (TPSA) is 76.1 Å². The molecule has 1 N–H and O–H groups in total. The molecule has 3 heterocycles. The molecule has 0 amide bonds. The molecule has 26 heavy (non-hydrogen) atoms. The van der Waals surface area contributed by atoms with E-state index in [1.54, 1.807) is 30.9 Å². The summed E-state index contributed by atoms with van der Waals surface area (Å²) in [6, 6.07) is 1.78. The van der Waals surface area contributed by atoms with Gasteiger partial charge in [-0.25, -0.2) is 15.0 Å². The molecule has 2 aromatic heterocycles. The van der Waals surface area contributed by atoms with Gasteiger partial charge in [-0.15, -0.1) is 0 Å². The molecule has 7 nitrogen and oxygen atoms in total. The molecule has 2 fully saturated rings. The van der Waals surface area contributed by atoms with Crippen molar-refractivity contribution in [1.82, 2.24) is 24.8 Å². The summed E-state index contributed by atoms with van der Waals surface area (Å²) in [6.45, 7) is 3.83. The van der Waals surface area contributed by atoms with E-state index in [1.165, 1.54) is 38.6 Å². The minimum atomic E-state index is -0.0294. The van der Waals surface area contributed by atoms with Crippen LogP contribution in [-0.2, 0) is 4.74 Å². The van der Waals surface area contributed by atoms with E-state index in [2.05, 4.69) is 30.2 Å². The predicted molar refractivity (Wildman–Crippen MR) is 99.1 cm³/mol. The highest BCUT2D eigenvalue weighted by Crippen LogP contribution is 2.27. The Hall–Kier alpha value is -2.12. The number of ether oxygens (including phenoxy) is 1. The maximum Gasteiger partial charge on any atom is 0.228 e. The number of hydrogen-bond acceptors (Lipinski definition) is 7. The molecule has 1 aliphatic heterocycles. The molecular formula is C19H26N6O. The Kier molecular flexibility index (Phi) is 5.66. The second-order valence-electron chi connectivity index (χ2n) is 7.15. The predicted octanol–water partition coefficient (Wildman–Crippen LogP) is 2.96. The van der Waals surface area contributed by atoms with Crippen molar-refractivity contribution in [2.24, 2.45) is 5.92 Å². The lowest BCUT2D eigenvalue weighted by Gasteiger charge is -2.35. The van der Waals surface area contributed by atoms with Gasteiger partial charge in [-0.1, -0.05) is 19.3 Å². The monoisotopic (exact) mass is 354 g/mol. The number of anilines is 2. The highest BCUT2D eigenvalue weighted by Gasteiger charge is 2.26. The SMILES string of the molecule is c1cnc(Nc2cncc([C@@H]3CN(CC4CCCCC4)CCO3)n2)nc1. The Labute approximate surface area is 154 Å². The summed E-state index contributed by atoms with van der Waals surface area (Å²) in [6.07, 6.45) is 13.8. The molecule has 0 unspecified atom stereocenters.